The van der Waals surface area contributed by atoms with Gasteiger partial charge in [0.1, 0.15) is 0 Å². The number of thiazole rings is 1. The molecule has 3 aromatic rings. The van der Waals surface area contributed by atoms with Crippen molar-refractivity contribution < 1.29 is 18.0 Å². The lowest BCUT2D eigenvalue weighted by Crippen LogP contribution is -2.14. The Hall–Kier alpha value is -1.85. The second-order valence-corrected chi connectivity index (χ2v) is 9.46. The molecule has 0 atom stereocenters. The number of carbonyl (C=O) groups is 1. The Morgan fingerprint density at radius 2 is 1.83 bits per heavy atom. The first-order valence-electron chi connectivity index (χ1n) is 8.53. The average Bonchev–Trinajstić information content (AvgIpc) is 3.00. The number of benzene rings is 1. The van der Waals surface area contributed by atoms with Gasteiger partial charge in [0.15, 0.2) is 9.50 Å². The molecule has 0 saturated heterocycles. The third kappa shape index (κ3) is 6.86. The number of fused-ring (bicyclic) bond motifs is 1. The van der Waals surface area contributed by atoms with Crippen molar-refractivity contribution in [1.82, 2.24) is 15.0 Å². The van der Waals surface area contributed by atoms with Crippen molar-refractivity contribution in [2.24, 2.45) is 0 Å². The molecule has 1 N–H and O–H groups in total. The summed E-state index contributed by atoms with van der Waals surface area (Å²) in [6, 6.07) is 7.11. The molecule has 0 unspecified atom stereocenters. The number of halogens is 3. The Kier molecular flexibility index (Phi) is 7.01. The zero-order chi connectivity index (χ0) is 21.0. The van der Waals surface area contributed by atoms with Gasteiger partial charge in [-0.05, 0) is 38.1 Å². The molecule has 0 fully saturated rings. The minimum atomic E-state index is -4.17. The summed E-state index contributed by atoms with van der Waals surface area (Å²) in [5, 5.41) is 3.37. The number of aromatic nitrogens is 3. The summed E-state index contributed by atoms with van der Waals surface area (Å²) in [6.45, 7) is 3.75. The number of alkyl halides is 3. The van der Waals surface area contributed by atoms with Gasteiger partial charge < -0.3 is 5.32 Å². The van der Waals surface area contributed by atoms with Gasteiger partial charge in [-0.2, -0.15) is 13.2 Å². The van der Waals surface area contributed by atoms with Gasteiger partial charge in [-0.1, -0.05) is 23.5 Å². The molecule has 1 aromatic carbocycles. The number of nitrogens with one attached hydrogen (secondary N) is 1. The van der Waals surface area contributed by atoms with Crippen molar-refractivity contribution in [3.8, 4) is 0 Å². The van der Waals surface area contributed by atoms with Gasteiger partial charge in [0, 0.05) is 22.8 Å². The molecule has 0 aliphatic carbocycles. The van der Waals surface area contributed by atoms with E-state index in [0.29, 0.717) is 20.7 Å². The average molecular weight is 459 g/mol. The SMILES string of the molecule is Cc1cc(C)nc(SCC(=O)Nc2ccc3nc(SCCC(F)(F)F)sc3c2)n1. The normalized spacial score (nSPS) is 11.8. The van der Waals surface area contributed by atoms with E-state index in [2.05, 4.69) is 20.3 Å². The minimum Gasteiger partial charge on any atom is -0.325 e. The van der Waals surface area contributed by atoms with Crippen molar-refractivity contribution in [3.63, 3.8) is 0 Å². The lowest BCUT2D eigenvalue weighted by atomic mass is 10.3. The Morgan fingerprint density at radius 1 is 1.10 bits per heavy atom. The van der Waals surface area contributed by atoms with Gasteiger partial charge in [-0.3, -0.25) is 4.79 Å². The van der Waals surface area contributed by atoms with Crippen LogP contribution >= 0.6 is 34.9 Å². The molecule has 0 aliphatic heterocycles. The number of amides is 1. The van der Waals surface area contributed by atoms with Gasteiger partial charge in [-0.25, -0.2) is 15.0 Å². The maximum atomic E-state index is 12.3. The molecular weight excluding hydrogens is 441 g/mol. The highest BCUT2D eigenvalue weighted by molar-refractivity contribution is 8.01. The first kappa shape index (κ1) is 21.8. The zero-order valence-corrected chi connectivity index (χ0v) is 18.0. The monoisotopic (exact) mass is 458 g/mol. The number of thioether (sulfide) groups is 2. The van der Waals surface area contributed by atoms with Crippen molar-refractivity contribution in [3.05, 3.63) is 35.7 Å². The third-order valence-electron chi connectivity index (χ3n) is 3.56. The predicted octanol–water partition coefficient (Wildman–Crippen LogP) is 5.48. The van der Waals surface area contributed by atoms with E-state index in [0.717, 1.165) is 27.8 Å². The molecule has 0 bridgehead atoms. The van der Waals surface area contributed by atoms with Gasteiger partial charge in [0.2, 0.25) is 5.91 Å². The van der Waals surface area contributed by atoms with Crippen LogP contribution in [0.1, 0.15) is 17.8 Å². The van der Waals surface area contributed by atoms with E-state index in [-0.39, 0.29) is 17.4 Å². The Labute approximate surface area is 177 Å². The van der Waals surface area contributed by atoms with Crippen LogP contribution in [0.5, 0.6) is 0 Å². The summed E-state index contributed by atoms with van der Waals surface area (Å²) in [5.74, 6) is -0.0892. The highest BCUT2D eigenvalue weighted by Gasteiger charge is 2.26. The molecule has 29 heavy (non-hydrogen) atoms. The molecule has 11 heteroatoms. The van der Waals surface area contributed by atoms with Gasteiger partial charge in [0.25, 0.3) is 0 Å². The van der Waals surface area contributed by atoms with Crippen LogP contribution in [0.2, 0.25) is 0 Å². The Balaban J connectivity index is 1.57. The lowest BCUT2D eigenvalue weighted by molar-refractivity contribution is -0.129. The highest BCUT2D eigenvalue weighted by Crippen LogP contribution is 2.33. The van der Waals surface area contributed by atoms with E-state index >= 15 is 0 Å². The fraction of sp³-hybridized carbons (Fsp3) is 0.333. The van der Waals surface area contributed by atoms with Crippen LogP contribution in [0, 0.1) is 13.8 Å². The maximum Gasteiger partial charge on any atom is 0.389 e. The summed E-state index contributed by atoms with van der Waals surface area (Å²) >= 11 is 3.65. The van der Waals surface area contributed by atoms with E-state index < -0.39 is 12.6 Å². The van der Waals surface area contributed by atoms with Gasteiger partial charge in [0.05, 0.1) is 22.4 Å². The largest absolute Gasteiger partial charge is 0.389 e. The summed E-state index contributed by atoms with van der Waals surface area (Å²) in [5.41, 5.74) is 3.00. The standard InChI is InChI=1S/C18H17F3N4OS3/c1-10-7-11(2)23-16(22-10)28-9-15(26)24-12-3-4-13-14(8-12)29-17(25-13)27-6-5-18(19,20)21/h3-4,7-8H,5-6,9H2,1-2H3,(H,24,26). The molecule has 2 heterocycles. The van der Waals surface area contributed by atoms with E-state index in [1.807, 2.05) is 19.9 Å². The van der Waals surface area contributed by atoms with Gasteiger partial charge in [-0.15, -0.1) is 11.3 Å². The number of rotatable bonds is 7. The lowest BCUT2D eigenvalue weighted by Gasteiger charge is -2.05. The summed E-state index contributed by atoms with van der Waals surface area (Å²) in [6.07, 6.45) is -5.02. The van der Waals surface area contributed by atoms with Crippen LogP contribution < -0.4 is 5.32 Å². The number of carbonyl (C=O) groups excluding carboxylic acids is 1. The first-order valence-corrected chi connectivity index (χ1v) is 11.3. The smallest absolute Gasteiger partial charge is 0.325 e. The molecule has 0 spiro atoms. The van der Waals surface area contributed by atoms with Crippen molar-refractivity contribution in [2.75, 3.05) is 16.8 Å². The topological polar surface area (TPSA) is 67.8 Å². The van der Waals surface area contributed by atoms with Crippen molar-refractivity contribution in [2.45, 2.75) is 35.9 Å². The van der Waals surface area contributed by atoms with Crippen LogP contribution in [0.4, 0.5) is 18.9 Å². The number of aryl methyl sites for hydroxylation is 2. The molecule has 1 amide bonds. The fourth-order valence-corrected chi connectivity index (χ4v) is 5.29. The predicted molar refractivity (Wildman–Crippen MR) is 112 cm³/mol. The molecule has 2 aromatic heterocycles. The molecule has 5 nitrogen and oxygen atoms in total. The van der Waals surface area contributed by atoms with Gasteiger partial charge >= 0.3 is 6.18 Å². The molecular formula is C18H17F3N4OS3. The number of nitrogens with zero attached hydrogens (tertiary/aromatic N) is 3. The molecule has 0 aliphatic rings. The minimum absolute atomic E-state index is 0.0648. The molecule has 154 valence electrons. The van der Waals surface area contributed by atoms with Crippen molar-refractivity contribution >= 4 is 56.7 Å². The van der Waals surface area contributed by atoms with E-state index in [4.69, 9.17) is 0 Å². The summed E-state index contributed by atoms with van der Waals surface area (Å²) in [4.78, 5) is 25.1. The second-order valence-electron chi connectivity index (χ2n) is 6.15. The molecule has 3 rings (SSSR count). The van der Waals surface area contributed by atoms with Crippen LogP contribution in [0.25, 0.3) is 10.2 Å². The van der Waals surface area contributed by atoms with Crippen molar-refractivity contribution in [1.29, 1.82) is 0 Å². The van der Waals surface area contributed by atoms with E-state index in [1.54, 1.807) is 18.2 Å². The molecule has 0 radical (unpaired) electrons. The third-order valence-corrected chi connectivity index (χ3v) is 6.57. The van der Waals surface area contributed by atoms with Crippen LogP contribution in [-0.4, -0.2) is 38.5 Å². The number of hydrogen-bond acceptors (Lipinski definition) is 7. The van der Waals surface area contributed by atoms with Crippen LogP contribution in [0.15, 0.2) is 33.8 Å². The van der Waals surface area contributed by atoms with Crippen LogP contribution in [-0.2, 0) is 4.79 Å². The Morgan fingerprint density at radius 3 is 2.52 bits per heavy atom. The van der Waals surface area contributed by atoms with E-state index in [1.165, 1.54) is 23.1 Å². The quantitative estimate of drug-likeness (QED) is 0.374. The number of anilines is 1. The number of hydrogen-bond donors (Lipinski definition) is 1. The summed E-state index contributed by atoms with van der Waals surface area (Å²) < 4.78 is 38.2. The molecule has 0 saturated carbocycles. The maximum absolute atomic E-state index is 12.3. The fourth-order valence-electron chi connectivity index (χ4n) is 2.38. The summed E-state index contributed by atoms with van der Waals surface area (Å²) in [7, 11) is 0. The Bertz CT molecular complexity index is 1000. The van der Waals surface area contributed by atoms with E-state index in [9.17, 15) is 18.0 Å². The highest BCUT2D eigenvalue weighted by atomic mass is 32.2. The zero-order valence-electron chi connectivity index (χ0n) is 15.5. The van der Waals surface area contributed by atoms with Crippen LogP contribution in [0.3, 0.4) is 0 Å². The first-order chi connectivity index (χ1) is 13.7. The second kappa shape index (κ2) is 9.31.